The number of hydrogen-bond donors (Lipinski definition) is 2. The van der Waals surface area contributed by atoms with Gasteiger partial charge in [0, 0.05) is 6.54 Å². The largest absolute Gasteiger partial charge is 0.416 e. The highest BCUT2D eigenvalue weighted by Crippen LogP contribution is 2.29. The van der Waals surface area contributed by atoms with Crippen molar-refractivity contribution in [2.75, 3.05) is 5.32 Å². The molecule has 0 unspecified atom stereocenters. The maximum Gasteiger partial charge on any atom is 0.416 e. The second-order valence-corrected chi connectivity index (χ2v) is 5.02. The number of halogens is 4. The second-order valence-electron chi connectivity index (χ2n) is 3.94. The zero-order valence-corrected chi connectivity index (χ0v) is 12.1. The number of nitrogens with one attached hydrogen (secondary N) is 2. The van der Waals surface area contributed by atoms with Crippen LogP contribution < -0.4 is 10.9 Å². The van der Waals surface area contributed by atoms with Gasteiger partial charge >= 0.3 is 6.18 Å². The van der Waals surface area contributed by atoms with E-state index in [1.807, 2.05) is 22.6 Å². The molecule has 0 bridgehead atoms. The number of aromatic nitrogens is 2. The summed E-state index contributed by atoms with van der Waals surface area (Å²) in [7, 11) is 0. The Balaban J connectivity index is 2.08. The minimum atomic E-state index is -4.34. The minimum absolute atomic E-state index is 0.268. The van der Waals surface area contributed by atoms with E-state index in [2.05, 4.69) is 15.3 Å². The molecule has 2 aromatic rings. The number of H-pyrrole nitrogens is 1. The lowest BCUT2D eigenvalue weighted by Gasteiger charge is -2.09. The summed E-state index contributed by atoms with van der Waals surface area (Å²) in [5, 5.41) is 2.91. The van der Waals surface area contributed by atoms with Crippen LogP contribution in [0.3, 0.4) is 0 Å². The molecule has 0 aliphatic rings. The molecule has 0 atom stereocenters. The fourth-order valence-electron chi connectivity index (χ4n) is 1.50. The third kappa shape index (κ3) is 3.50. The third-order valence-electron chi connectivity index (χ3n) is 2.54. The number of benzene rings is 1. The van der Waals surface area contributed by atoms with E-state index in [1.54, 1.807) is 0 Å². The van der Waals surface area contributed by atoms with Crippen LogP contribution in [-0.4, -0.2) is 9.97 Å². The molecular weight excluding hydrogens is 386 g/mol. The quantitative estimate of drug-likeness (QED) is 0.786. The summed E-state index contributed by atoms with van der Waals surface area (Å²) in [5.74, 6) is 0.397. The third-order valence-corrected chi connectivity index (χ3v) is 3.54. The van der Waals surface area contributed by atoms with Gasteiger partial charge in [-0.05, 0) is 40.3 Å². The normalized spacial score (nSPS) is 11.4. The zero-order chi connectivity index (χ0) is 14.8. The van der Waals surface area contributed by atoms with Crippen LogP contribution in [0.2, 0.25) is 0 Å². The number of rotatable bonds is 3. The molecule has 0 aliphatic heterocycles. The summed E-state index contributed by atoms with van der Waals surface area (Å²) in [6.07, 6.45) is -3.07. The Morgan fingerprint density at radius 1 is 1.25 bits per heavy atom. The molecule has 106 valence electrons. The molecule has 0 radical (unpaired) electrons. The Bertz CT molecular complexity index is 652. The molecule has 20 heavy (non-hydrogen) atoms. The number of nitrogens with zero attached hydrogens (tertiary/aromatic N) is 1. The predicted octanol–water partition coefficient (Wildman–Crippen LogP) is 3.01. The lowest BCUT2D eigenvalue weighted by molar-refractivity contribution is -0.137. The van der Waals surface area contributed by atoms with Gasteiger partial charge in [0.2, 0.25) is 0 Å². The van der Waals surface area contributed by atoms with Gasteiger partial charge < -0.3 is 10.3 Å². The molecule has 8 heteroatoms. The second kappa shape index (κ2) is 5.81. The fraction of sp³-hybridized carbons (Fsp3) is 0.167. The lowest BCUT2D eigenvalue weighted by Crippen LogP contribution is -2.14. The highest BCUT2D eigenvalue weighted by Gasteiger charge is 2.29. The van der Waals surface area contributed by atoms with Crippen LogP contribution in [0.1, 0.15) is 11.1 Å². The smallest absolute Gasteiger partial charge is 0.365 e. The van der Waals surface area contributed by atoms with Gasteiger partial charge in [-0.25, -0.2) is 4.98 Å². The van der Waals surface area contributed by atoms with Crippen LogP contribution in [0.4, 0.5) is 19.0 Å². The number of alkyl halides is 3. The average Bonchev–Trinajstić information content (AvgIpc) is 2.40. The van der Waals surface area contributed by atoms with Crippen LogP contribution in [0.5, 0.6) is 0 Å². The molecule has 0 saturated carbocycles. The Kier molecular flexibility index (Phi) is 4.31. The predicted molar refractivity (Wildman–Crippen MR) is 76.3 cm³/mol. The molecule has 1 heterocycles. The molecule has 0 fully saturated rings. The fourth-order valence-corrected chi connectivity index (χ4v) is 1.99. The van der Waals surface area contributed by atoms with Gasteiger partial charge in [0.05, 0.1) is 11.9 Å². The number of aromatic amines is 1. The van der Waals surface area contributed by atoms with Crippen molar-refractivity contribution in [3.63, 3.8) is 0 Å². The summed E-state index contributed by atoms with van der Waals surface area (Å²) < 4.78 is 37.6. The number of anilines is 1. The van der Waals surface area contributed by atoms with E-state index in [-0.39, 0.29) is 12.1 Å². The van der Waals surface area contributed by atoms with E-state index < -0.39 is 11.7 Å². The molecule has 0 spiro atoms. The van der Waals surface area contributed by atoms with Crippen LogP contribution >= 0.6 is 22.6 Å². The lowest BCUT2D eigenvalue weighted by atomic mass is 10.1. The Morgan fingerprint density at radius 3 is 2.50 bits per heavy atom. The molecule has 2 N–H and O–H groups in total. The van der Waals surface area contributed by atoms with Crippen LogP contribution in [-0.2, 0) is 12.7 Å². The highest BCUT2D eigenvalue weighted by atomic mass is 127. The Labute approximate surface area is 125 Å². The molecular formula is C12H9F3IN3O. The van der Waals surface area contributed by atoms with Crippen molar-refractivity contribution in [1.82, 2.24) is 9.97 Å². The van der Waals surface area contributed by atoms with Gasteiger partial charge in [-0.1, -0.05) is 12.1 Å². The highest BCUT2D eigenvalue weighted by molar-refractivity contribution is 14.1. The summed E-state index contributed by atoms with van der Waals surface area (Å²) in [6.45, 7) is 0.282. The Hall–Kier alpha value is -1.58. The van der Waals surface area contributed by atoms with Gasteiger partial charge in [-0.3, -0.25) is 4.79 Å². The van der Waals surface area contributed by atoms with Gasteiger partial charge in [-0.15, -0.1) is 0 Å². The average molecular weight is 395 g/mol. The van der Waals surface area contributed by atoms with Crippen molar-refractivity contribution in [1.29, 1.82) is 0 Å². The van der Waals surface area contributed by atoms with Gasteiger partial charge in [0.15, 0.2) is 0 Å². The van der Waals surface area contributed by atoms with Crippen molar-refractivity contribution >= 4 is 28.4 Å². The van der Waals surface area contributed by atoms with Crippen molar-refractivity contribution in [3.8, 4) is 0 Å². The molecule has 0 amide bonds. The van der Waals surface area contributed by atoms with Gasteiger partial charge in [-0.2, -0.15) is 13.2 Å². The van der Waals surface area contributed by atoms with E-state index in [4.69, 9.17) is 0 Å². The SMILES string of the molecule is O=c1[nH]cnc(NCc2ccc(C(F)(F)F)cc2)c1I. The van der Waals surface area contributed by atoms with Crippen molar-refractivity contribution in [2.45, 2.75) is 12.7 Å². The first-order chi connectivity index (χ1) is 9.38. The van der Waals surface area contributed by atoms with E-state index >= 15 is 0 Å². The molecule has 4 nitrogen and oxygen atoms in total. The van der Waals surface area contributed by atoms with E-state index in [9.17, 15) is 18.0 Å². The molecule has 1 aromatic heterocycles. The summed E-state index contributed by atoms with van der Waals surface area (Å²) in [4.78, 5) is 17.7. The first-order valence-electron chi connectivity index (χ1n) is 5.51. The molecule has 1 aromatic carbocycles. The summed E-state index contributed by atoms with van der Waals surface area (Å²) in [5.41, 5.74) is -0.295. The molecule has 0 aliphatic carbocycles. The zero-order valence-electron chi connectivity index (χ0n) is 9.96. The summed E-state index contributed by atoms with van der Waals surface area (Å²) in [6, 6.07) is 4.81. The van der Waals surface area contributed by atoms with Crippen molar-refractivity contribution in [2.24, 2.45) is 0 Å². The monoisotopic (exact) mass is 395 g/mol. The molecule has 2 rings (SSSR count). The van der Waals surface area contributed by atoms with Crippen molar-refractivity contribution in [3.05, 3.63) is 55.6 Å². The van der Waals surface area contributed by atoms with Crippen LogP contribution in [0.15, 0.2) is 35.4 Å². The van der Waals surface area contributed by atoms with E-state index in [1.165, 1.54) is 18.5 Å². The Morgan fingerprint density at radius 2 is 1.90 bits per heavy atom. The topological polar surface area (TPSA) is 57.8 Å². The first kappa shape index (κ1) is 14.8. The van der Waals surface area contributed by atoms with Gasteiger partial charge in [0.1, 0.15) is 9.39 Å². The minimum Gasteiger partial charge on any atom is -0.365 e. The number of hydrogen-bond acceptors (Lipinski definition) is 3. The van der Waals surface area contributed by atoms with Crippen LogP contribution in [0.25, 0.3) is 0 Å². The first-order valence-corrected chi connectivity index (χ1v) is 6.59. The maximum absolute atomic E-state index is 12.4. The van der Waals surface area contributed by atoms with E-state index in [0.29, 0.717) is 15.0 Å². The van der Waals surface area contributed by atoms with E-state index in [0.717, 1.165) is 12.1 Å². The van der Waals surface area contributed by atoms with Crippen molar-refractivity contribution < 1.29 is 13.2 Å². The standard InChI is InChI=1S/C12H9F3IN3O/c13-12(14,15)8-3-1-7(2-4-8)5-17-10-9(16)11(20)19-6-18-10/h1-4,6H,5H2,(H2,17,18,19,20). The molecule has 0 saturated heterocycles. The maximum atomic E-state index is 12.4. The van der Waals surface area contributed by atoms with Crippen LogP contribution in [0, 0.1) is 3.57 Å². The van der Waals surface area contributed by atoms with Gasteiger partial charge in [0.25, 0.3) is 5.56 Å². The summed E-state index contributed by atoms with van der Waals surface area (Å²) >= 11 is 1.85.